The van der Waals surface area contributed by atoms with E-state index in [0.717, 1.165) is 0 Å². The van der Waals surface area contributed by atoms with Crippen molar-refractivity contribution in [2.75, 3.05) is 0 Å². The molecule has 0 spiro atoms. The first-order valence-electron chi connectivity index (χ1n) is 2.87. The van der Waals surface area contributed by atoms with Gasteiger partial charge >= 0.3 is 5.97 Å². The molecule has 9 heavy (non-hydrogen) atoms. The molecule has 46 valence electrons. The molecule has 0 saturated heterocycles. The Bertz CT molecular complexity index is 215. The van der Waals surface area contributed by atoms with Crippen LogP contribution in [0.1, 0.15) is 0 Å². The van der Waals surface area contributed by atoms with E-state index in [-0.39, 0.29) is 12.1 Å². The van der Waals surface area contributed by atoms with E-state index in [9.17, 15) is 4.79 Å². The van der Waals surface area contributed by atoms with Crippen molar-refractivity contribution in [1.29, 1.82) is 0 Å². The molecule has 2 aliphatic carbocycles. The first-order valence-corrected chi connectivity index (χ1v) is 2.87. The molecule has 2 unspecified atom stereocenters. The molecule has 1 saturated carbocycles. The first-order chi connectivity index (χ1) is 4.33. The summed E-state index contributed by atoms with van der Waals surface area (Å²) >= 11 is 0. The molecule has 2 nitrogen and oxygen atoms in total. The van der Waals surface area contributed by atoms with Gasteiger partial charge in [-0.3, -0.25) is 0 Å². The van der Waals surface area contributed by atoms with Gasteiger partial charge in [0.1, 0.15) is 6.10 Å². The average Bonchev–Trinajstić information content (AvgIpc) is 2.67. The highest BCUT2D eigenvalue weighted by Crippen LogP contribution is 2.56. The minimum atomic E-state index is -0.312. The third-order valence-electron chi connectivity index (χ3n) is 1.60. The minimum Gasteiger partial charge on any atom is -0.454 e. The van der Waals surface area contributed by atoms with Gasteiger partial charge in [0, 0.05) is 12.0 Å². The Morgan fingerprint density at radius 1 is 1.89 bits per heavy atom. The maximum Gasteiger partial charge on any atom is 0.330 e. The SMILES string of the molecule is C=CC(=O)OC1C2=CC21. The van der Waals surface area contributed by atoms with Crippen molar-refractivity contribution in [1.82, 2.24) is 0 Å². The lowest BCUT2D eigenvalue weighted by Gasteiger charge is -1.98. The Morgan fingerprint density at radius 3 is 2.89 bits per heavy atom. The van der Waals surface area contributed by atoms with Crippen LogP contribution >= 0.6 is 0 Å². The Balaban J connectivity index is 1.84. The van der Waals surface area contributed by atoms with Crippen molar-refractivity contribution in [3.63, 3.8) is 0 Å². The number of rotatable bonds is 2. The van der Waals surface area contributed by atoms with Gasteiger partial charge in [-0.1, -0.05) is 12.7 Å². The smallest absolute Gasteiger partial charge is 0.330 e. The Kier molecular flexibility index (Phi) is 0.673. The molecule has 0 aromatic carbocycles. The van der Waals surface area contributed by atoms with E-state index in [1.54, 1.807) is 0 Å². The molecule has 2 rings (SSSR count). The Labute approximate surface area is 52.8 Å². The fourth-order valence-corrected chi connectivity index (χ4v) is 0.815. The maximum atomic E-state index is 10.5. The lowest BCUT2D eigenvalue weighted by molar-refractivity contribution is -0.139. The molecule has 0 aromatic heterocycles. The molecule has 1 fully saturated rings. The standard InChI is InChI=1S/C7H6O2/c1-2-6(8)9-7-4-3-5(4)7/h2-4,7H,1H2. The van der Waals surface area contributed by atoms with Gasteiger partial charge in [0.25, 0.3) is 0 Å². The van der Waals surface area contributed by atoms with Crippen LogP contribution in [0.5, 0.6) is 0 Å². The molecule has 2 heteroatoms. The number of hydrogen-bond donors (Lipinski definition) is 0. The van der Waals surface area contributed by atoms with Crippen molar-refractivity contribution in [2.45, 2.75) is 6.10 Å². The van der Waals surface area contributed by atoms with E-state index in [2.05, 4.69) is 12.7 Å². The zero-order valence-electron chi connectivity index (χ0n) is 4.83. The average molecular weight is 122 g/mol. The minimum absolute atomic E-state index is 0.135. The van der Waals surface area contributed by atoms with Crippen LogP contribution in [0.3, 0.4) is 0 Å². The number of ether oxygens (including phenoxy) is 1. The molecule has 0 N–H and O–H groups in total. The second kappa shape index (κ2) is 1.26. The summed E-state index contributed by atoms with van der Waals surface area (Å²) in [5.74, 6) is 0.210. The zero-order valence-corrected chi connectivity index (χ0v) is 4.83. The number of carbonyl (C=O) groups excluding carboxylic acids is 1. The Morgan fingerprint density at radius 2 is 2.56 bits per heavy atom. The summed E-state index contributed by atoms with van der Waals surface area (Å²) < 4.78 is 4.85. The van der Waals surface area contributed by atoms with Gasteiger partial charge in [-0.25, -0.2) is 4.79 Å². The first kappa shape index (κ1) is 4.79. The van der Waals surface area contributed by atoms with E-state index >= 15 is 0 Å². The summed E-state index contributed by atoms with van der Waals surface area (Å²) in [5.41, 5.74) is 1.28. The van der Waals surface area contributed by atoms with E-state index < -0.39 is 0 Å². The van der Waals surface area contributed by atoms with Crippen LogP contribution in [0.25, 0.3) is 0 Å². The van der Waals surface area contributed by atoms with Gasteiger partial charge < -0.3 is 4.74 Å². The number of esters is 1. The fraction of sp³-hybridized carbons (Fsp3) is 0.286. The lowest BCUT2D eigenvalue weighted by Crippen LogP contribution is -2.05. The predicted octanol–water partition coefficient (Wildman–Crippen LogP) is 0.654. The third-order valence-corrected chi connectivity index (χ3v) is 1.60. The molecule has 0 bridgehead atoms. The predicted molar refractivity (Wildman–Crippen MR) is 31.6 cm³/mol. The van der Waals surface area contributed by atoms with Gasteiger partial charge in [0.2, 0.25) is 0 Å². The molecular formula is C7H6O2. The topological polar surface area (TPSA) is 26.3 Å². The summed E-state index contributed by atoms with van der Waals surface area (Å²) in [6, 6.07) is 0. The van der Waals surface area contributed by atoms with Crippen molar-refractivity contribution in [3.05, 3.63) is 24.3 Å². The van der Waals surface area contributed by atoms with E-state index in [1.165, 1.54) is 11.6 Å². The highest BCUT2D eigenvalue weighted by Gasteiger charge is 2.56. The summed E-state index contributed by atoms with van der Waals surface area (Å²) in [5, 5.41) is 0. The summed E-state index contributed by atoms with van der Waals surface area (Å²) in [4.78, 5) is 10.5. The second-order valence-corrected chi connectivity index (χ2v) is 2.25. The van der Waals surface area contributed by atoms with Crippen LogP contribution in [-0.4, -0.2) is 12.1 Å². The van der Waals surface area contributed by atoms with Crippen molar-refractivity contribution >= 4 is 5.97 Å². The quantitative estimate of drug-likeness (QED) is 0.305. The fourth-order valence-electron chi connectivity index (χ4n) is 0.815. The van der Waals surface area contributed by atoms with Crippen LogP contribution in [-0.2, 0) is 9.53 Å². The monoisotopic (exact) mass is 122 g/mol. The number of hydrogen-bond acceptors (Lipinski definition) is 2. The highest BCUT2D eigenvalue weighted by atomic mass is 16.5. The zero-order chi connectivity index (χ0) is 6.43. The summed E-state index contributed by atoms with van der Waals surface area (Å²) in [6.45, 7) is 3.29. The summed E-state index contributed by atoms with van der Waals surface area (Å²) in [6.07, 6.45) is 3.41. The van der Waals surface area contributed by atoms with E-state index in [0.29, 0.717) is 5.92 Å². The van der Waals surface area contributed by atoms with E-state index in [1.807, 2.05) is 0 Å². The van der Waals surface area contributed by atoms with Gasteiger partial charge in [0.15, 0.2) is 0 Å². The Hall–Kier alpha value is -1.05. The molecule has 0 aliphatic heterocycles. The van der Waals surface area contributed by atoms with Gasteiger partial charge in [-0.05, 0) is 5.57 Å². The second-order valence-electron chi connectivity index (χ2n) is 2.25. The number of fused-ring (bicyclic) bond motifs is 1. The van der Waals surface area contributed by atoms with Crippen LogP contribution in [0.15, 0.2) is 24.3 Å². The van der Waals surface area contributed by atoms with Gasteiger partial charge in [-0.2, -0.15) is 0 Å². The van der Waals surface area contributed by atoms with Gasteiger partial charge in [0.05, 0.1) is 0 Å². The summed E-state index contributed by atoms with van der Waals surface area (Å²) in [7, 11) is 0. The van der Waals surface area contributed by atoms with Crippen LogP contribution in [0.4, 0.5) is 0 Å². The molecule has 0 heterocycles. The van der Waals surface area contributed by atoms with Crippen molar-refractivity contribution < 1.29 is 9.53 Å². The van der Waals surface area contributed by atoms with Crippen LogP contribution in [0, 0.1) is 5.92 Å². The van der Waals surface area contributed by atoms with Crippen molar-refractivity contribution in [2.24, 2.45) is 5.92 Å². The van der Waals surface area contributed by atoms with Gasteiger partial charge in [-0.15, -0.1) is 0 Å². The molecule has 0 aromatic rings. The third kappa shape index (κ3) is 0.593. The van der Waals surface area contributed by atoms with E-state index in [4.69, 9.17) is 4.74 Å². The van der Waals surface area contributed by atoms with Crippen LogP contribution < -0.4 is 0 Å². The molecule has 0 amide bonds. The molecule has 0 radical (unpaired) electrons. The van der Waals surface area contributed by atoms with Crippen molar-refractivity contribution in [3.8, 4) is 0 Å². The molecular weight excluding hydrogens is 116 g/mol. The van der Waals surface area contributed by atoms with Crippen LogP contribution in [0.2, 0.25) is 0 Å². The number of carbonyl (C=O) groups is 1. The lowest BCUT2D eigenvalue weighted by atomic mass is 10.5. The highest BCUT2D eigenvalue weighted by molar-refractivity contribution is 5.82. The molecule has 2 aliphatic rings. The normalized spacial score (nSPS) is 34.0. The maximum absolute atomic E-state index is 10.5. The molecule has 2 atom stereocenters. The largest absolute Gasteiger partial charge is 0.454 e.